The Kier molecular flexibility index (Phi) is 5.24. The normalized spacial score (nSPS) is 20.6. The van der Waals surface area contributed by atoms with E-state index in [9.17, 15) is 9.50 Å². The van der Waals surface area contributed by atoms with Crippen LogP contribution < -0.4 is 4.90 Å². The number of aromatic nitrogens is 4. The largest absolute Gasteiger partial charge is 0.424 e. The molecule has 0 bridgehead atoms. The minimum absolute atomic E-state index is 0.170. The van der Waals surface area contributed by atoms with Crippen LogP contribution in [0, 0.1) is 12.7 Å². The van der Waals surface area contributed by atoms with Crippen molar-refractivity contribution in [2.24, 2.45) is 0 Å². The predicted octanol–water partition coefficient (Wildman–Crippen LogP) is 0.941. The van der Waals surface area contributed by atoms with Crippen LogP contribution in [-0.4, -0.2) is 62.0 Å². The number of aliphatic hydroxyl groups excluding tert-OH is 1. The number of nitrogens with zero attached hydrogens (tertiary/aromatic N) is 6. The molecule has 3 rings (SSSR count). The zero-order chi connectivity index (χ0) is 18.0. The van der Waals surface area contributed by atoms with E-state index in [1.807, 2.05) is 13.8 Å². The number of hydrogen-bond donors (Lipinski definition) is 1. The minimum atomic E-state index is -0.622. The third kappa shape index (κ3) is 3.62. The van der Waals surface area contributed by atoms with Crippen LogP contribution in [0.25, 0.3) is 0 Å². The number of β-amino-alcohol motifs (C(OH)–C–C–N with tert-alkyl or cyclic N) is 1. The highest BCUT2D eigenvalue weighted by Crippen LogP contribution is 2.26. The van der Waals surface area contributed by atoms with Crippen LogP contribution >= 0.6 is 0 Å². The summed E-state index contributed by atoms with van der Waals surface area (Å²) in [5, 5.41) is 18.3. The summed E-state index contributed by atoms with van der Waals surface area (Å²) in [6, 6.07) is -0.170. The van der Waals surface area contributed by atoms with Gasteiger partial charge < -0.3 is 14.4 Å². The van der Waals surface area contributed by atoms with Crippen LogP contribution in [0.2, 0.25) is 0 Å². The average Bonchev–Trinajstić information content (AvgIpc) is 3.18. The first-order valence-corrected chi connectivity index (χ1v) is 8.48. The van der Waals surface area contributed by atoms with Crippen molar-refractivity contribution in [2.45, 2.75) is 45.9 Å². The van der Waals surface area contributed by atoms with Crippen molar-refractivity contribution in [3.8, 4) is 0 Å². The van der Waals surface area contributed by atoms with E-state index in [0.717, 1.165) is 0 Å². The lowest BCUT2D eigenvalue weighted by Crippen LogP contribution is -2.42. The van der Waals surface area contributed by atoms with E-state index in [2.05, 4.69) is 25.1 Å². The molecule has 2 aromatic rings. The molecule has 3 heterocycles. The van der Waals surface area contributed by atoms with Crippen molar-refractivity contribution in [3.63, 3.8) is 0 Å². The molecule has 1 fully saturated rings. The fraction of sp³-hybridized carbons (Fsp3) is 0.625. The number of aryl methyl sites for hydroxylation is 2. The smallest absolute Gasteiger partial charge is 0.230 e. The van der Waals surface area contributed by atoms with Crippen molar-refractivity contribution in [3.05, 3.63) is 29.6 Å². The molecule has 0 unspecified atom stereocenters. The van der Waals surface area contributed by atoms with Gasteiger partial charge in [0.1, 0.15) is 6.33 Å². The molecule has 0 saturated carbocycles. The van der Waals surface area contributed by atoms with Crippen molar-refractivity contribution < 1.29 is 13.9 Å². The van der Waals surface area contributed by atoms with Crippen molar-refractivity contribution in [1.82, 2.24) is 25.1 Å². The Labute approximate surface area is 145 Å². The van der Waals surface area contributed by atoms with Gasteiger partial charge in [-0.05, 0) is 13.0 Å². The Hall–Kier alpha value is -2.13. The van der Waals surface area contributed by atoms with Gasteiger partial charge in [0.15, 0.2) is 11.6 Å². The van der Waals surface area contributed by atoms with Gasteiger partial charge in [0.25, 0.3) is 0 Å². The van der Waals surface area contributed by atoms with Crippen LogP contribution in [0.1, 0.15) is 31.3 Å². The predicted molar refractivity (Wildman–Crippen MR) is 88.5 cm³/mol. The van der Waals surface area contributed by atoms with Crippen LogP contribution in [0.3, 0.4) is 0 Å². The summed E-state index contributed by atoms with van der Waals surface area (Å²) in [5.74, 6) is 0.854. The Morgan fingerprint density at radius 3 is 2.76 bits per heavy atom. The first-order valence-electron chi connectivity index (χ1n) is 8.48. The number of rotatable bonds is 6. The second-order valence-electron chi connectivity index (χ2n) is 6.13. The molecule has 0 radical (unpaired) electrons. The fourth-order valence-electron chi connectivity index (χ4n) is 3.20. The second kappa shape index (κ2) is 7.40. The summed E-state index contributed by atoms with van der Waals surface area (Å²) in [6.07, 6.45) is 1.25. The first kappa shape index (κ1) is 17.7. The molecule has 1 saturated heterocycles. The molecule has 1 N–H and O–H groups in total. The molecule has 9 heteroatoms. The quantitative estimate of drug-likeness (QED) is 0.823. The van der Waals surface area contributed by atoms with E-state index < -0.39 is 11.9 Å². The summed E-state index contributed by atoms with van der Waals surface area (Å²) >= 11 is 0. The first-order chi connectivity index (χ1) is 12.0. The summed E-state index contributed by atoms with van der Waals surface area (Å²) in [5.41, 5.74) is 0.386. The third-order valence-corrected chi connectivity index (χ3v) is 4.52. The monoisotopic (exact) mass is 350 g/mol. The van der Waals surface area contributed by atoms with Gasteiger partial charge >= 0.3 is 0 Å². The zero-order valence-corrected chi connectivity index (χ0v) is 14.7. The maximum atomic E-state index is 14.5. The lowest BCUT2D eigenvalue weighted by Gasteiger charge is -2.28. The van der Waals surface area contributed by atoms with Gasteiger partial charge in [0.2, 0.25) is 11.8 Å². The summed E-state index contributed by atoms with van der Waals surface area (Å²) in [4.78, 5) is 11.9. The number of halogens is 1. The van der Waals surface area contributed by atoms with E-state index in [1.165, 1.54) is 6.33 Å². The van der Waals surface area contributed by atoms with Gasteiger partial charge in [-0.25, -0.2) is 14.4 Å². The SMILES string of the molecule is CCc1ncnc(N2C[C@@H](O)[C@@H](N(CC)Cc3nnc(C)o3)C2)c1F. The zero-order valence-electron chi connectivity index (χ0n) is 14.7. The van der Waals surface area contributed by atoms with Crippen LogP contribution in [-0.2, 0) is 13.0 Å². The van der Waals surface area contributed by atoms with Crippen LogP contribution in [0.4, 0.5) is 10.2 Å². The van der Waals surface area contributed by atoms with Gasteiger partial charge in [-0.1, -0.05) is 13.8 Å². The number of hydrogen-bond acceptors (Lipinski definition) is 8. The van der Waals surface area contributed by atoms with Gasteiger partial charge in [-0.2, -0.15) is 0 Å². The van der Waals surface area contributed by atoms with Crippen LogP contribution in [0.5, 0.6) is 0 Å². The maximum Gasteiger partial charge on any atom is 0.230 e. The third-order valence-electron chi connectivity index (χ3n) is 4.52. The molecule has 2 atom stereocenters. The Balaban J connectivity index is 1.76. The standard InChI is InChI=1S/C16H23FN6O2/c1-4-11-15(17)16(19-9-18-11)23-6-12(13(24)7-23)22(5-2)8-14-21-20-10(3)25-14/h9,12-13,24H,4-8H2,1-3H3/t12-,13+/m0/s1. The summed E-state index contributed by atoms with van der Waals surface area (Å²) < 4.78 is 19.9. The van der Waals surface area contributed by atoms with Crippen molar-refractivity contribution in [1.29, 1.82) is 0 Å². The fourth-order valence-corrected chi connectivity index (χ4v) is 3.20. The highest BCUT2D eigenvalue weighted by atomic mass is 19.1. The van der Waals surface area contributed by atoms with Gasteiger partial charge in [-0.15, -0.1) is 10.2 Å². The molecule has 0 aliphatic carbocycles. The molecule has 8 nitrogen and oxygen atoms in total. The Bertz CT molecular complexity index is 724. The Morgan fingerprint density at radius 2 is 2.12 bits per heavy atom. The molecule has 2 aromatic heterocycles. The number of aliphatic hydroxyl groups is 1. The molecule has 0 aromatic carbocycles. The Morgan fingerprint density at radius 1 is 1.32 bits per heavy atom. The average molecular weight is 350 g/mol. The van der Waals surface area contributed by atoms with Crippen molar-refractivity contribution >= 4 is 5.82 Å². The van der Waals surface area contributed by atoms with E-state index in [-0.39, 0.29) is 11.9 Å². The topological polar surface area (TPSA) is 91.4 Å². The highest BCUT2D eigenvalue weighted by Gasteiger charge is 2.37. The molecule has 0 amide bonds. The molecule has 1 aliphatic heterocycles. The molecular weight excluding hydrogens is 327 g/mol. The van der Waals surface area contributed by atoms with Crippen molar-refractivity contribution in [2.75, 3.05) is 24.5 Å². The minimum Gasteiger partial charge on any atom is -0.424 e. The molecule has 25 heavy (non-hydrogen) atoms. The molecule has 0 spiro atoms. The van der Waals surface area contributed by atoms with E-state index in [0.29, 0.717) is 50.1 Å². The number of anilines is 1. The van der Waals surface area contributed by atoms with Crippen LogP contribution in [0.15, 0.2) is 10.7 Å². The maximum absolute atomic E-state index is 14.5. The summed E-state index contributed by atoms with van der Waals surface area (Å²) in [6.45, 7) is 7.52. The second-order valence-corrected chi connectivity index (χ2v) is 6.13. The van der Waals surface area contributed by atoms with Gasteiger partial charge in [0, 0.05) is 20.0 Å². The van der Waals surface area contributed by atoms with E-state index in [1.54, 1.807) is 11.8 Å². The van der Waals surface area contributed by atoms with Gasteiger partial charge in [0.05, 0.1) is 24.4 Å². The number of likely N-dealkylation sites (N-methyl/N-ethyl adjacent to an activating group) is 1. The van der Waals surface area contributed by atoms with E-state index in [4.69, 9.17) is 4.42 Å². The summed E-state index contributed by atoms with van der Waals surface area (Å²) in [7, 11) is 0. The van der Waals surface area contributed by atoms with E-state index >= 15 is 0 Å². The molecule has 136 valence electrons. The molecular formula is C16H23FN6O2. The lowest BCUT2D eigenvalue weighted by atomic mass is 10.2. The molecule has 1 aliphatic rings. The highest BCUT2D eigenvalue weighted by molar-refractivity contribution is 5.43. The van der Waals surface area contributed by atoms with Gasteiger partial charge in [-0.3, -0.25) is 4.90 Å². The lowest BCUT2D eigenvalue weighted by molar-refractivity contribution is 0.0761.